The van der Waals surface area contributed by atoms with Gasteiger partial charge in [-0.15, -0.1) is 0 Å². The van der Waals surface area contributed by atoms with Gasteiger partial charge < -0.3 is 10.1 Å². The molecule has 0 aliphatic rings. The molecule has 0 atom stereocenters. The molecule has 1 aromatic heterocycles. The highest BCUT2D eigenvalue weighted by atomic mass is 16.5. The number of H-pyrrole nitrogens is 1. The van der Waals surface area contributed by atoms with Gasteiger partial charge in [0, 0.05) is 12.5 Å². The number of hydrogen-bond acceptors (Lipinski definition) is 3. The second kappa shape index (κ2) is 6.58. The summed E-state index contributed by atoms with van der Waals surface area (Å²) in [6, 6.07) is 9.50. The number of amides is 1. The van der Waals surface area contributed by atoms with Gasteiger partial charge in [-0.05, 0) is 25.0 Å². The fourth-order valence-corrected chi connectivity index (χ4v) is 1.79. The molecule has 2 rings (SSSR count). The third-order valence-corrected chi connectivity index (χ3v) is 2.67. The molecule has 1 heterocycles. The van der Waals surface area contributed by atoms with E-state index in [0.717, 1.165) is 11.3 Å². The van der Waals surface area contributed by atoms with Crippen molar-refractivity contribution < 1.29 is 9.53 Å². The summed E-state index contributed by atoms with van der Waals surface area (Å²) in [4.78, 5) is 11.8. The highest BCUT2D eigenvalue weighted by Gasteiger charge is 2.07. The number of nitrogens with one attached hydrogen (secondary N) is 2. The number of carbonyl (C=O) groups excluding carboxylic acids is 1. The topological polar surface area (TPSA) is 67.0 Å². The normalized spacial score (nSPS) is 10.2. The van der Waals surface area contributed by atoms with Crippen LogP contribution >= 0.6 is 0 Å². The summed E-state index contributed by atoms with van der Waals surface area (Å²) >= 11 is 0. The summed E-state index contributed by atoms with van der Waals surface area (Å²) in [7, 11) is 0. The van der Waals surface area contributed by atoms with Crippen LogP contribution in [0.3, 0.4) is 0 Å². The molecule has 19 heavy (non-hydrogen) atoms. The zero-order valence-electron chi connectivity index (χ0n) is 10.8. The van der Waals surface area contributed by atoms with Crippen molar-refractivity contribution in [3.63, 3.8) is 0 Å². The molecule has 2 N–H and O–H groups in total. The number of para-hydroxylation sites is 1. The van der Waals surface area contributed by atoms with Crippen LogP contribution < -0.4 is 10.1 Å². The standard InChI is InChI=1S/C14H17N3O2/c1-2-19-12-6-4-3-5-11(12)7-8-14(18)16-13-9-10-15-17-13/h3-6,9-10H,2,7-8H2,1H3,(H2,15,16,17,18). The molecule has 0 saturated heterocycles. The Morgan fingerprint density at radius 2 is 2.21 bits per heavy atom. The first kappa shape index (κ1) is 13.1. The fourth-order valence-electron chi connectivity index (χ4n) is 1.79. The molecule has 0 spiro atoms. The summed E-state index contributed by atoms with van der Waals surface area (Å²) in [5.41, 5.74) is 1.05. The lowest BCUT2D eigenvalue weighted by Gasteiger charge is -2.09. The van der Waals surface area contributed by atoms with E-state index in [1.54, 1.807) is 12.3 Å². The van der Waals surface area contributed by atoms with E-state index < -0.39 is 0 Å². The first-order valence-electron chi connectivity index (χ1n) is 6.29. The zero-order chi connectivity index (χ0) is 13.5. The van der Waals surface area contributed by atoms with Gasteiger partial charge in [0.05, 0.1) is 12.8 Å². The molecule has 1 aromatic carbocycles. The molecule has 0 aliphatic carbocycles. The zero-order valence-corrected chi connectivity index (χ0v) is 10.8. The van der Waals surface area contributed by atoms with Crippen molar-refractivity contribution in [1.29, 1.82) is 0 Å². The minimum atomic E-state index is -0.0458. The molecule has 0 fully saturated rings. The highest BCUT2D eigenvalue weighted by molar-refractivity contribution is 5.89. The Labute approximate surface area is 112 Å². The number of carbonyl (C=O) groups is 1. The fraction of sp³-hybridized carbons (Fsp3) is 0.286. The number of benzene rings is 1. The molecule has 0 bridgehead atoms. The number of aryl methyl sites for hydroxylation is 1. The Bertz CT molecular complexity index is 523. The van der Waals surface area contributed by atoms with E-state index >= 15 is 0 Å². The Kier molecular flexibility index (Phi) is 4.55. The van der Waals surface area contributed by atoms with E-state index in [4.69, 9.17) is 4.74 Å². The molecular formula is C14H17N3O2. The van der Waals surface area contributed by atoms with Gasteiger partial charge in [-0.3, -0.25) is 9.89 Å². The van der Waals surface area contributed by atoms with Crippen LogP contribution in [-0.4, -0.2) is 22.7 Å². The lowest BCUT2D eigenvalue weighted by molar-refractivity contribution is -0.116. The molecule has 2 aromatic rings. The maximum absolute atomic E-state index is 11.8. The summed E-state index contributed by atoms with van der Waals surface area (Å²) in [6.45, 7) is 2.57. The van der Waals surface area contributed by atoms with Crippen molar-refractivity contribution in [3.05, 3.63) is 42.1 Å². The Balaban J connectivity index is 1.89. The number of rotatable bonds is 6. The Hall–Kier alpha value is -2.30. The number of anilines is 1. The number of aromatic nitrogens is 2. The van der Waals surface area contributed by atoms with Gasteiger partial charge in [0.25, 0.3) is 0 Å². The van der Waals surface area contributed by atoms with Crippen molar-refractivity contribution in [2.75, 3.05) is 11.9 Å². The summed E-state index contributed by atoms with van der Waals surface area (Å²) in [6.07, 6.45) is 2.65. The van der Waals surface area contributed by atoms with Crippen molar-refractivity contribution in [1.82, 2.24) is 10.2 Å². The summed E-state index contributed by atoms with van der Waals surface area (Å²) in [5.74, 6) is 1.41. The largest absolute Gasteiger partial charge is 0.494 e. The minimum absolute atomic E-state index is 0.0458. The molecule has 1 amide bonds. The first-order valence-corrected chi connectivity index (χ1v) is 6.29. The number of hydrogen-bond donors (Lipinski definition) is 2. The molecule has 0 unspecified atom stereocenters. The quantitative estimate of drug-likeness (QED) is 0.837. The second-order valence-corrected chi connectivity index (χ2v) is 4.06. The van der Waals surface area contributed by atoms with Crippen LogP contribution in [0, 0.1) is 0 Å². The second-order valence-electron chi connectivity index (χ2n) is 4.06. The monoisotopic (exact) mass is 259 g/mol. The van der Waals surface area contributed by atoms with Crippen LogP contribution in [0.15, 0.2) is 36.5 Å². The van der Waals surface area contributed by atoms with Gasteiger partial charge in [0.2, 0.25) is 5.91 Å². The van der Waals surface area contributed by atoms with E-state index in [1.807, 2.05) is 31.2 Å². The molecular weight excluding hydrogens is 242 g/mol. The Morgan fingerprint density at radius 1 is 1.37 bits per heavy atom. The predicted octanol–water partition coefficient (Wildman–Crippen LogP) is 2.38. The smallest absolute Gasteiger partial charge is 0.225 e. The van der Waals surface area contributed by atoms with Gasteiger partial charge in [-0.2, -0.15) is 5.10 Å². The van der Waals surface area contributed by atoms with Gasteiger partial charge in [0.15, 0.2) is 0 Å². The maximum Gasteiger partial charge on any atom is 0.225 e. The van der Waals surface area contributed by atoms with E-state index in [2.05, 4.69) is 15.5 Å². The number of ether oxygens (including phenoxy) is 1. The predicted molar refractivity (Wildman–Crippen MR) is 73.1 cm³/mol. The summed E-state index contributed by atoms with van der Waals surface area (Å²) in [5, 5.41) is 9.21. The lowest BCUT2D eigenvalue weighted by Crippen LogP contribution is -2.13. The average Bonchev–Trinajstić information content (AvgIpc) is 2.91. The van der Waals surface area contributed by atoms with Gasteiger partial charge in [-0.1, -0.05) is 18.2 Å². The van der Waals surface area contributed by atoms with Crippen LogP contribution in [0.2, 0.25) is 0 Å². The van der Waals surface area contributed by atoms with E-state index in [9.17, 15) is 4.79 Å². The minimum Gasteiger partial charge on any atom is -0.494 e. The van der Waals surface area contributed by atoms with Crippen LogP contribution in [-0.2, 0) is 11.2 Å². The van der Waals surface area contributed by atoms with E-state index in [-0.39, 0.29) is 5.91 Å². The van der Waals surface area contributed by atoms with Crippen molar-refractivity contribution in [2.24, 2.45) is 0 Å². The average molecular weight is 259 g/mol. The van der Waals surface area contributed by atoms with Crippen LogP contribution in [0.5, 0.6) is 5.75 Å². The molecule has 0 saturated carbocycles. The van der Waals surface area contributed by atoms with Crippen molar-refractivity contribution in [2.45, 2.75) is 19.8 Å². The van der Waals surface area contributed by atoms with E-state index in [1.165, 1.54) is 0 Å². The third kappa shape index (κ3) is 3.84. The van der Waals surface area contributed by atoms with Gasteiger partial charge >= 0.3 is 0 Å². The number of nitrogens with zero attached hydrogens (tertiary/aromatic N) is 1. The van der Waals surface area contributed by atoms with E-state index in [0.29, 0.717) is 25.3 Å². The summed E-state index contributed by atoms with van der Waals surface area (Å²) < 4.78 is 5.53. The SMILES string of the molecule is CCOc1ccccc1CCC(=O)Nc1ccn[nH]1. The van der Waals surface area contributed by atoms with Crippen LogP contribution in [0.1, 0.15) is 18.9 Å². The highest BCUT2D eigenvalue weighted by Crippen LogP contribution is 2.19. The maximum atomic E-state index is 11.8. The molecule has 100 valence electrons. The van der Waals surface area contributed by atoms with Gasteiger partial charge in [0.1, 0.15) is 11.6 Å². The molecule has 5 heteroatoms. The third-order valence-electron chi connectivity index (χ3n) is 2.67. The van der Waals surface area contributed by atoms with Crippen LogP contribution in [0.4, 0.5) is 5.82 Å². The molecule has 0 radical (unpaired) electrons. The van der Waals surface area contributed by atoms with Gasteiger partial charge in [-0.25, -0.2) is 0 Å². The Morgan fingerprint density at radius 3 is 2.95 bits per heavy atom. The van der Waals surface area contributed by atoms with Crippen molar-refractivity contribution in [3.8, 4) is 5.75 Å². The lowest BCUT2D eigenvalue weighted by atomic mass is 10.1. The number of aromatic amines is 1. The molecule has 5 nitrogen and oxygen atoms in total. The molecule has 0 aliphatic heterocycles. The van der Waals surface area contributed by atoms with Crippen molar-refractivity contribution >= 4 is 11.7 Å². The van der Waals surface area contributed by atoms with Crippen LogP contribution in [0.25, 0.3) is 0 Å². The first-order chi connectivity index (χ1) is 9.29.